The van der Waals surface area contributed by atoms with Gasteiger partial charge in [-0.1, -0.05) is 15.9 Å². The number of hydrogen-bond acceptors (Lipinski definition) is 3. The van der Waals surface area contributed by atoms with Gasteiger partial charge in [-0.15, -0.1) is 0 Å². The van der Waals surface area contributed by atoms with Crippen molar-refractivity contribution in [3.05, 3.63) is 40.6 Å². The second-order valence-corrected chi connectivity index (χ2v) is 4.23. The van der Waals surface area contributed by atoms with Crippen LogP contribution in [0, 0.1) is 5.82 Å². The Morgan fingerprint density at radius 3 is 2.94 bits per heavy atom. The van der Waals surface area contributed by atoms with Gasteiger partial charge in [0.25, 0.3) is 0 Å². The maximum absolute atomic E-state index is 13.2. The number of benzene rings is 1. The van der Waals surface area contributed by atoms with Crippen LogP contribution in [0.15, 0.2) is 33.5 Å². The lowest BCUT2D eigenvalue weighted by Gasteiger charge is -2.02. The molecule has 0 spiro atoms. The van der Waals surface area contributed by atoms with Crippen LogP contribution in [0.4, 0.5) is 4.39 Å². The highest BCUT2D eigenvalue weighted by Crippen LogP contribution is 2.27. The van der Waals surface area contributed by atoms with Crippen LogP contribution in [0.5, 0.6) is 0 Å². The lowest BCUT2D eigenvalue weighted by Crippen LogP contribution is -2.06. The van der Waals surface area contributed by atoms with E-state index in [1.165, 1.54) is 18.5 Å². The molecule has 0 saturated heterocycles. The van der Waals surface area contributed by atoms with E-state index in [9.17, 15) is 4.39 Å². The van der Waals surface area contributed by atoms with Gasteiger partial charge in [-0.05, 0) is 25.2 Å². The molecule has 0 radical (unpaired) electrons. The van der Waals surface area contributed by atoms with Gasteiger partial charge < -0.3 is 9.73 Å². The molecular formula is C11H10BrFN2O. The minimum Gasteiger partial charge on any atom is -0.443 e. The van der Waals surface area contributed by atoms with Gasteiger partial charge in [0.1, 0.15) is 11.5 Å². The van der Waals surface area contributed by atoms with Gasteiger partial charge in [-0.25, -0.2) is 9.37 Å². The summed E-state index contributed by atoms with van der Waals surface area (Å²) in [5, 5.41) is 2.98. The zero-order valence-corrected chi connectivity index (χ0v) is 10.2. The zero-order valence-electron chi connectivity index (χ0n) is 8.63. The Bertz CT molecular complexity index is 478. The number of halogens is 2. The van der Waals surface area contributed by atoms with Crippen molar-refractivity contribution in [1.82, 2.24) is 10.3 Å². The van der Waals surface area contributed by atoms with Crippen molar-refractivity contribution in [2.75, 3.05) is 7.05 Å². The van der Waals surface area contributed by atoms with Gasteiger partial charge in [0.15, 0.2) is 12.2 Å². The fourth-order valence-electron chi connectivity index (χ4n) is 1.48. The van der Waals surface area contributed by atoms with Gasteiger partial charge in [0.05, 0.1) is 0 Å². The third kappa shape index (κ3) is 2.31. The van der Waals surface area contributed by atoms with Crippen molar-refractivity contribution >= 4 is 15.9 Å². The molecule has 0 aliphatic rings. The summed E-state index contributed by atoms with van der Waals surface area (Å²) >= 11 is 3.24. The monoisotopic (exact) mass is 284 g/mol. The van der Waals surface area contributed by atoms with Gasteiger partial charge in [0, 0.05) is 16.6 Å². The Morgan fingerprint density at radius 2 is 2.25 bits per heavy atom. The number of hydrogen-bond donors (Lipinski definition) is 1. The molecule has 0 amide bonds. The van der Waals surface area contributed by atoms with Crippen molar-refractivity contribution in [2.24, 2.45) is 0 Å². The third-order valence-corrected chi connectivity index (χ3v) is 2.57. The summed E-state index contributed by atoms with van der Waals surface area (Å²) in [6, 6.07) is 4.62. The first-order chi connectivity index (χ1) is 7.70. The highest BCUT2D eigenvalue weighted by Gasteiger charge is 2.11. The molecule has 0 bridgehead atoms. The van der Waals surface area contributed by atoms with E-state index in [2.05, 4.69) is 26.2 Å². The molecule has 0 saturated carbocycles. The van der Waals surface area contributed by atoms with E-state index >= 15 is 0 Å². The van der Waals surface area contributed by atoms with E-state index in [4.69, 9.17) is 4.42 Å². The predicted molar refractivity (Wildman–Crippen MR) is 62.4 cm³/mol. The first kappa shape index (κ1) is 11.3. The molecule has 16 heavy (non-hydrogen) atoms. The molecule has 2 aromatic rings. The van der Waals surface area contributed by atoms with Gasteiger partial charge in [-0.2, -0.15) is 0 Å². The molecule has 1 N–H and O–H groups in total. The van der Waals surface area contributed by atoms with Crippen LogP contribution in [0.2, 0.25) is 0 Å². The summed E-state index contributed by atoms with van der Waals surface area (Å²) in [7, 11) is 1.82. The topological polar surface area (TPSA) is 38.1 Å². The highest BCUT2D eigenvalue weighted by atomic mass is 79.9. The van der Waals surface area contributed by atoms with Gasteiger partial charge in [0.2, 0.25) is 0 Å². The number of oxazole rings is 1. The third-order valence-electron chi connectivity index (χ3n) is 2.11. The first-order valence-corrected chi connectivity index (χ1v) is 5.53. The standard InChI is InChI=1S/C11H10BrFN2O/c1-14-5-10-11(16-6-15-10)7-2-8(12)4-9(13)3-7/h2-4,6,14H,5H2,1H3. The van der Waals surface area contributed by atoms with Crippen molar-refractivity contribution < 1.29 is 8.81 Å². The molecule has 0 aliphatic heterocycles. The molecule has 1 aromatic heterocycles. The first-order valence-electron chi connectivity index (χ1n) is 4.74. The van der Waals surface area contributed by atoms with Crippen LogP contribution in [0.25, 0.3) is 11.3 Å². The molecule has 0 aliphatic carbocycles. The number of rotatable bonds is 3. The Hall–Kier alpha value is -1.20. The van der Waals surface area contributed by atoms with Crippen molar-refractivity contribution in [1.29, 1.82) is 0 Å². The lowest BCUT2D eigenvalue weighted by molar-refractivity contribution is 0.568. The smallest absolute Gasteiger partial charge is 0.181 e. The maximum atomic E-state index is 13.2. The summed E-state index contributed by atoms with van der Waals surface area (Å²) in [5.41, 5.74) is 1.44. The number of nitrogens with zero attached hydrogens (tertiary/aromatic N) is 1. The lowest BCUT2D eigenvalue weighted by atomic mass is 10.1. The molecule has 84 valence electrons. The fraction of sp³-hybridized carbons (Fsp3) is 0.182. The predicted octanol–water partition coefficient (Wildman–Crippen LogP) is 2.96. The summed E-state index contributed by atoms with van der Waals surface area (Å²) in [5.74, 6) is 0.283. The molecule has 0 fully saturated rings. The molecule has 5 heteroatoms. The van der Waals surface area contributed by atoms with Crippen LogP contribution in [-0.2, 0) is 6.54 Å². The second kappa shape index (κ2) is 4.76. The Labute approximate surface area is 101 Å². The second-order valence-electron chi connectivity index (χ2n) is 3.32. The Balaban J connectivity index is 2.45. The molecule has 0 unspecified atom stereocenters. The largest absolute Gasteiger partial charge is 0.443 e. The van der Waals surface area contributed by atoms with Crippen molar-refractivity contribution in [3.63, 3.8) is 0 Å². The molecule has 3 nitrogen and oxygen atoms in total. The Morgan fingerprint density at radius 1 is 1.44 bits per heavy atom. The van der Waals surface area contributed by atoms with E-state index in [-0.39, 0.29) is 5.82 Å². The summed E-state index contributed by atoms with van der Waals surface area (Å²) in [6.45, 7) is 0.583. The quantitative estimate of drug-likeness (QED) is 0.942. The minimum absolute atomic E-state index is 0.309. The van der Waals surface area contributed by atoms with Crippen LogP contribution in [0.1, 0.15) is 5.69 Å². The van der Waals surface area contributed by atoms with Gasteiger partial charge in [-0.3, -0.25) is 0 Å². The number of nitrogens with one attached hydrogen (secondary N) is 1. The van der Waals surface area contributed by atoms with Crippen molar-refractivity contribution in [2.45, 2.75) is 6.54 Å². The van der Waals surface area contributed by atoms with E-state index in [1.54, 1.807) is 6.07 Å². The van der Waals surface area contributed by atoms with Crippen molar-refractivity contribution in [3.8, 4) is 11.3 Å². The normalized spacial score (nSPS) is 10.7. The Kier molecular flexibility index (Phi) is 3.36. The molecule has 1 aromatic carbocycles. The van der Waals surface area contributed by atoms with Gasteiger partial charge >= 0.3 is 0 Å². The van der Waals surface area contributed by atoms with E-state index in [0.717, 1.165) is 5.69 Å². The number of aromatic nitrogens is 1. The highest BCUT2D eigenvalue weighted by molar-refractivity contribution is 9.10. The van der Waals surface area contributed by atoms with E-state index < -0.39 is 0 Å². The molecule has 1 heterocycles. The summed E-state index contributed by atoms with van der Waals surface area (Å²) in [6.07, 6.45) is 1.36. The summed E-state index contributed by atoms with van der Waals surface area (Å²) < 4.78 is 19.2. The molecule has 2 rings (SSSR count). The zero-order chi connectivity index (χ0) is 11.5. The van der Waals surface area contributed by atoms with E-state index in [1.807, 2.05) is 7.05 Å². The van der Waals surface area contributed by atoms with Crippen LogP contribution in [0.3, 0.4) is 0 Å². The SMILES string of the molecule is CNCc1ncoc1-c1cc(F)cc(Br)c1. The minimum atomic E-state index is -0.309. The van der Waals surface area contributed by atoms with Crippen LogP contribution >= 0.6 is 15.9 Å². The van der Waals surface area contributed by atoms with Crippen LogP contribution in [-0.4, -0.2) is 12.0 Å². The summed E-state index contributed by atoms with van der Waals surface area (Å²) in [4.78, 5) is 4.07. The van der Waals surface area contributed by atoms with E-state index in [0.29, 0.717) is 22.3 Å². The average molecular weight is 285 g/mol. The maximum Gasteiger partial charge on any atom is 0.181 e. The van der Waals surface area contributed by atoms with Crippen LogP contribution < -0.4 is 5.32 Å². The molecule has 0 atom stereocenters. The fourth-order valence-corrected chi connectivity index (χ4v) is 1.95. The molecular weight excluding hydrogens is 275 g/mol. The average Bonchev–Trinajstić information content (AvgIpc) is 2.65.